The normalized spacial score (nSPS) is 16.9. The molecule has 1 aromatic carbocycles. The van der Waals surface area contributed by atoms with E-state index >= 15 is 0 Å². The predicted molar refractivity (Wildman–Crippen MR) is 150 cm³/mol. The van der Waals surface area contributed by atoms with Crippen molar-refractivity contribution >= 4 is 51.3 Å². The van der Waals surface area contributed by atoms with Crippen molar-refractivity contribution in [2.45, 2.75) is 30.0 Å². The maximum atomic E-state index is 13.5. The monoisotopic (exact) mass is 554 g/mol. The molecule has 9 nitrogen and oxygen atoms in total. The molecule has 0 saturated carbocycles. The second kappa shape index (κ2) is 10.1. The third-order valence-electron chi connectivity index (χ3n) is 6.56. The average Bonchev–Trinajstić information content (AvgIpc) is 3.64. The number of pyridine rings is 2. The Labute approximate surface area is 231 Å². The third-order valence-corrected chi connectivity index (χ3v) is 8.69. The van der Waals surface area contributed by atoms with E-state index in [2.05, 4.69) is 20.2 Å². The highest BCUT2D eigenvalue weighted by atomic mass is 32.2. The highest BCUT2D eigenvalue weighted by Crippen LogP contribution is 2.44. The van der Waals surface area contributed by atoms with E-state index in [4.69, 9.17) is 0 Å². The zero-order valence-electron chi connectivity index (χ0n) is 21.0. The second-order valence-electron chi connectivity index (χ2n) is 9.01. The van der Waals surface area contributed by atoms with Crippen molar-refractivity contribution in [1.29, 1.82) is 0 Å². The van der Waals surface area contributed by atoms with Gasteiger partial charge in [0.2, 0.25) is 5.13 Å². The van der Waals surface area contributed by atoms with Gasteiger partial charge in [0.25, 0.3) is 5.78 Å². The van der Waals surface area contributed by atoms with Crippen LogP contribution in [0, 0.1) is 13.8 Å². The Morgan fingerprint density at radius 1 is 1.05 bits per heavy atom. The number of imidazole rings is 1. The van der Waals surface area contributed by atoms with Crippen molar-refractivity contribution in [3.8, 4) is 0 Å². The summed E-state index contributed by atoms with van der Waals surface area (Å²) in [5.74, 6) is -1.26. The maximum Gasteiger partial charge on any atom is 0.301 e. The van der Waals surface area contributed by atoms with Gasteiger partial charge in [-0.1, -0.05) is 65.6 Å². The number of thioether (sulfide) groups is 1. The smallest absolute Gasteiger partial charge is 0.301 e. The summed E-state index contributed by atoms with van der Waals surface area (Å²) < 4.78 is 2.51. The Morgan fingerprint density at radius 2 is 1.87 bits per heavy atom. The fraction of sp³-hybridized carbons (Fsp3) is 0.143. The van der Waals surface area contributed by atoms with Gasteiger partial charge in [-0.05, 0) is 42.7 Å². The molecule has 1 N–H and O–H groups in total. The Bertz CT molecular complexity index is 1750. The molecular weight excluding hydrogens is 532 g/mol. The number of aliphatic hydroxyl groups excluding tert-OH is 1. The number of hydrogen-bond acceptors (Lipinski definition) is 9. The number of aromatic nitrogens is 5. The van der Waals surface area contributed by atoms with Gasteiger partial charge in [-0.15, -0.1) is 10.2 Å². The van der Waals surface area contributed by atoms with Crippen LogP contribution in [0.2, 0.25) is 0 Å². The van der Waals surface area contributed by atoms with Crippen LogP contribution in [0.25, 0.3) is 11.4 Å². The topological polar surface area (TPSA) is 114 Å². The zero-order valence-corrected chi connectivity index (χ0v) is 22.6. The molecule has 1 amide bonds. The van der Waals surface area contributed by atoms with E-state index in [-0.39, 0.29) is 22.2 Å². The molecule has 5 aromatic rings. The highest BCUT2D eigenvalue weighted by Gasteiger charge is 2.49. The number of anilines is 1. The summed E-state index contributed by atoms with van der Waals surface area (Å²) in [6.45, 7) is 3.73. The number of hydrogen-bond donors (Lipinski definition) is 1. The number of ketones is 1. The first-order chi connectivity index (χ1) is 18.9. The number of Topliss-reactive ketones (excluding diaryl/α,β-unsaturated/α-hetero) is 1. The first kappa shape index (κ1) is 25.0. The number of aliphatic hydroxyl groups is 1. The molecule has 0 spiro atoms. The zero-order chi connectivity index (χ0) is 27.1. The number of carbonyl (C=O) groups excluding carboxylic acids is 2. The number of amides is 1. The van der Waals surface area contributed by atoms with Gasteiger partial charge < -0.3 is 9.51 Å². The Kier molecular flexibility index (Phi) is 6.45. The molecule has 11 heteroatoms. The Morgan fingerprint density at radius 3 is 2.62 bits per heavy atom. The number of carbonyl (C=O) groups is 2. The van der Waals surface area contributed by atoms with Crippen LogP contribution in [0.4, 0.5) is 5.13 Å². The van der Waals surface area contributed by atoms with E-state index < -0.39 is 17.7 Å². The van der Waals surface area contributed by atoms with E-state index in [0.29, 0.717) is 27.0 Å². The van der Waals surface area contributed by atoms with Crippen LogP contribution in [0.5, 0.6) is 0 Å². The van der Waals surface area contributed by atoms with Crippen molar-refractivity contribution in [1.82, 2.24) is 24.6 Å². The SMILES string of the molecule is Cc1cccn2c(C)c(C(O)=C3C(=O)C(=O)N(c4nnc(SCc5ccccc5)s4)C3c3cccnc3)nc12. The first-order valence-corrected chi connectivity index (χ1v) is 13.9. The summed E-state index contributed by atoms with van der Waals surface area (Å²) in [7, 11) is 0. The van der Waals surface area contributed by atoms with Crippen LogP contribution in [0.1, 0.15) is 34.1 Å². The predicted octanol–water partition coefficient (Wildman–Crippen LogP) is 5.12. The molecular formula is C28H22N6O3S2. The summed E-state index contributed by atoms with van der Waals surface area (Å²) in [6.07, 6.45) is 5.02. The molecule has 194 valence electrons. The molecule has 1 unspecified atom stereocenters. The van der Waals surface area contributed by atoms with E-state index in [1.54, 1.807) is 24.5 Å². The number of benzene rings is 1. The summed E-state index contributed by atoms with van der Waals surface area (Å²) in [6, 6.07) is 16.3. The molecule has 1 saturated heterocycles. The number of fused-ring (bicyclic) bond motifs is 1. The van der Waals surface area contributed by atoms with E-state index in [1.165, 1.54) is 28.0 Å². The lowest BCUT2D eigenvalue weighted by Gasteiger charge is -2.21. The van der Waals surface area contributed by atoms with Gasteiger partial charge in [-0.2, -0.15) is 0 Å². The van der Waals surface area contributed by atoms with Crippen LogP contribution in [0.15, 0.2) is 83.1 Å². The van der Waals surface area contributed by atoms with Crippen molar-refractivity contribution in [2.75, 3.05) is 4.90 Å². The molecule has 6 rings (SSSR count). The molecule has 0 aliphatic carbocycles. The fourth-order valence-electron chi connectivity index (χ4n) is 4.63. The third kappa shape index (κ3) is 4.39. The van der Waals surface area contributed by atoms with Crippen LogP contribution >= 0.6 is 23.1 Å². The molecule has 39 heavy (non-hydrogen) atoms. The van der Waals surface area contributed by atoms with Gasteiger partial charge in [0.05, 0.1) is 17.3 Å². The summed E-state index contributed by atoms with van der Waals surface area (Å²) in [4.78, 5) is 37.1. The lowest BCUT2D eigenvalue weighted by Crippen LogP contribution is -2.29. The minimum atomic E-state index is -0.941. The van der Waals surface area contributed by atoms with Gasteiger partial charge in [-0.25, -0.2) is 4.98 Å². The number of nitrogens with zero attached hydrogens (tertiary/aromatic N) is 6. The average molecular weight is 555 g/mol. The van der Waals surface area contributed by atoms with Gasteiger partial charge in [0.1, 0.15) is 11.3 Å². The van der Waals surface area contributed by atoms with E-state index in [9.17, 15) is 14.7 Å². The van der Waals surface area contributed by atoms with Crippen LogP contribution in [0.3, 0.4) is 0 Å². The van der Waals surface area contributed by atoms with E-state index in [1.807, 2.05) is 66.9 Å². The van der Waals surface area contributed by atoms with Gasteiger partial charge in [-0.3, -0.25) is 19.5 Å². The highest BCUT2D eigenvalue weighted by molar-refractivity contribution is 8.00. The van der Waals surface area contributed by atoms with Crippen LogP contribution in [-0.2, 0) is 15.3 Å². The van der Waals surface area contributed by atoms with Crippen molar-refractivity contribution in [3.05, 3.63) is 107 Å². The van der Waals surface area contributed by atoms with Crippen LogP contribution in [-0.4, -0.2) is 41.4 Å². The maximum absolute atomic E-state index is 13.5. The lowest BCUT2D eigenvalue weighted by atomic mass is 9.98. The van der Waals surface area contributed by atoms with Gasteiger partial charge in [0.15, 0.2) is 10.1 Å². The van der Waals surface area contributed by atoms with Gasteiger partial charge >= 0.3 is 5.91 Å². The largest absolute Gasteiger partial charge is 0.505 e. The van der Waals surface area contributed by atoms with Crippen molar-refractivity contribution in [3.63, 3.8) is 0 Å². The molecule has 1 aliphatic heterocycles. The molecule has 1 atom stereocenters. The molecule has 1 aliphatic rings. The van der Waals surface area contributed by atoms with Crippen LogP contribution < -0.4 is 4.90 Å². The summed E-state index contributed by atoms with van der Waals surface area (Å²) in [5, 5.41) is 20.3. The first-order valence-electron chi connectivity index (χ1n) is 12.1. The van der Waals surface area contributed by atoms with E-state index in [0.717, 1.165) is 11.1 Å². The molecule has 0 bridgehead atoms. The quantitative estimate of drug-likeness (QED) is 0.101. The second-order valence-corrected chi connectivity index (χ2v) is 11.2. The molecule has 5 heterocycles. The molecule has 4 aromatic heterocycles. The number of aryl methyl sites for hydroxylation is 2. The number of rotatable bonds is 6. The minimum Gasteiger partial charge on any atom is -0.505 e. The minimum absolute atomic E-state index is 0.0640. The summed E-state index contributed by atoms with van der Waals surface area (Å²) >= 11 is 2.72. The standard InChI is InChI=1S/C28H22N6O3S2/c1-16-8-7-13-33-17(2)21(30-25(16)33)23(35)20-22(19-11-6-12-29-14-19)34(26(37)24(20)36)27-31-32-28(39-27)38-15-18-9-4-3-5-10-18/h3-14,22,35H,15H2,1-2H3. The Hall–Kier alpha value is -4.35. The Balaban J connectivity index is 1.44. The molecule has 1 fully saturated rings. The van der Waals surface area contributed by atoms with Crippen molar-refractivity contribution < 1.29 is 14.7 Å². The molecule has 0 radical (unpaired) electrons. The lowest BCUT2D eigenvalue weighted by molar-refractivity contribution is -0.132. The van der Waals surface area contributed by atoms with Gasteiger partial charge in [0, 0.05) is 24.3 Å². The van der Waals surface area contributed by atoms with Crippen molar-refractivity contribution in [2.24, 2.45) is 0 Å². The fourth-order valence-corrected chi connectivity index (χ4v) is 6.46. The summed E-state index contributed by atoms with van der Waals surface area (Å²) in [5.41, 5.74) is 4.10.